The molecule has 0 atom stereocenters. The van der Waals surface area contributed by atoms with Gasteiger partial charge in [0.25, 0.3) is 0 Å². The molecule has 0 bridgehead atoms. The standard InChI is InChI=1S/C15H19NOS/c1-15(2,16-10-12-8-9-18-11-12)13-6-4-5-7-14(13)17-3/h4-9,11,16H,10H2,1-3H3. The van der Waals surface area contributed by atoms with Gasteiger partial charge in [0.05, 0.1) is 7.11 Å². The van der Waals surface area contributed by atoms with E-state index >= 15 is 0 Å². The number of thiophene rings is 1. The summed E-state index contributed by atoms with van der Waals surface area (Å²) in [6.07, 6.45) is 0. The fraction of sp³-hybridized carbons (Fsp3) is 0.333. The van der Waals surface area contributed by atoms with Crippen molar-refractivity contribution in [2.45, 2.75) is 25.9 Å². The summed E-state index contributed by atoms with van der Waals surface area (Å²) >= 11 is 1.73. The van der Waals surface area contributed by atoms with Crippen molar-refractivity contribution in [3.05, 3.63) is 52.2 Å². The second-order valence-electron chi connectivity index (χ2n) is 4.81. The van der Waals surface area contributed by atoms with Crippen LogP contribution in [0.5, 0.6) is 5.75 Å². The average molecular weight is 261 g/mol. The summed E-state index contributed by atoms with van der Waals surface area (Å²) in [5.74, 6) is 0.931. The maximum atomic E-state index is 5.43. The van der Waals surface area contributed by atoms with Gasteiger partial charge >= 0.3 is 0 Å². The Morgan fingerprint density at radius 3 is 2.67 bits per heavy atom. The third kappa shape index (κ3) is 2.92. The highest BCUT2D eigenvalue weighted by Gasteiger charge is 2.23. The Kier molecular flexibility index (Phi) is 4.04. The number of nitrogens with one attached hydrogen (secondary N) is 1. The van der Waals surface area contributed by atoms with E-state index in [1.54, 1.807) is 18.4 Å². The molecular formula is C15H19NOS. The van der Waals surface area contributed by atoms with E-state index in [4.69, 9.17) is 4.74 Å². The minimum absolute atomic E-state index is 0.117. The van der Waals surface area contributed by atoms with Crippen LogP contribution < -0.4 is 10.1 Å². The fourth-order valence-electron chi connectivity index (χ4n) is 1.97. The molecule has 1 aromatic carbocycles. The van der Waals surface area contributed by atoms with Gasteiger partial charge in [-0.15, -0.1) is 0 Å². The number of methoxy groups -OCH3 is 1. The Labute approximate surface area is 113 Å². The van der Waals surface area contributed by atoms with E-state index in [0.29, 0.717) is 0 Å². The summed E-state index contributed by atoms with van der Waals surface area (Å²) in [5, 5.41) is 7.86. The van der Waals surface area contributed by atoms with Gasteiger partial charge in [-0.2, -0.15) is 11.3 Å². The average Bonchev–Trinajstić information content (AvgIpc) is 2.89. The predicted molar refractivity (Wildman–Crippen MR) is 77.2 cm³/mol. The zero-order chi connectivity index (χ0) is 13.0. The monoisotopic (exact) mass is 261 g/mol. The smallest absolute Gasteiger partial charge is 0.123 e. The highest BCUT2D eigenvalue weighted by molar-refractivity contribution is 7.07. The molecular weight excluding hydrogens is 242 g/mol. The molecule has 0 spiro atoms. The molecule has 1 N–H and O–H groups in total. The van der Waals surface area contributed by atoms with Crippen LogP contribution in [0, 0.1) is 0 Å². The van der Waals surface area contributed by atoms with Crippen LogP contribution in [0.2, 0.25) is 0 Å². The lowest BCUT2D eigenvalue weighted by Crippen LogP contribution is -2.36. The molecule has 0 unspecified atom stereocenters. The lowest BCUT2D eigenvalue weighted by Gasteiger charge is -2.28. The van der Waals surface area contributed by atoms with Crippen molar-refractivity contribution >= 4 is 11.3 Å². The van der Waals surface area contributed by atoms with E-state index in [-0.39, 0.29) is 5.54 Å². The Morgan fingerprint density at radius 1 is 1.22 bits per heavy atom. The van der Waals surface area contributed by atoms with Gasteiger partial charge in [0, 0.05) is 17.6 Å². The van der Waals surface area contributed by atoms with Crippen LogP contribution in [-0.4, -0.2) is 7.11 Å². The summed E-state index contributed by atoms with van der Waals surface area (Å²) in [5.41, 5.74) is 2.39. The van der Waals surface area contributed by atoms with E-state index in [1.165, 1.54) is 11.1 Å². The van der Waals surface area contributed by atoms with Crippen molar-refractivity contribution in [1.29, 1.82) is 0 Å². The van der Waals surface area contributed by atoms with Gasteiger partial charge in [0.2, 0.25) is 0 Å². The topological polar surface area (TPSA) is 21.3 Å². The first-order valence-corrected chi connectivity index (χ1v) is 6.97. The lowest BCUT2D eigenvalue weighted by molar-refractivity contribution is 0.358. The highest BCUT2D eigenvalue weighted by atomic mass is 32.1. The first-order valence-electron chi connectivity index (χ1n) is 6.03. The third-order valence-electron chi connectivity index (χ3n) is 3.09. The molecule has 0 amide bonds. The first-order chi connectivity index (χ1) is 8.63. The van der Waals surface area contributed by atoms with Gasteiger partial charge in [-0.05, 0) is 42.3 Å². The molecule has 0 saturated heterocycles. The summed E-state index contributed by atoms with van der Waals surface area (Å²) < 4.78 is 5.43. The van der Waals surface area contributed by atoms with Crippen LogP contribution in [0.25, 0.3) is 0 Å². The lowest BCUT2D eigenvalue weighted by atomic mass is 9.93. The van der Waals surface area contributed by atoms with Crippen LogP contribution in [0.1, 0.15) is 25.0 Å². The summed E-state index contributed by atoms with van der Waals surface area (Å²) in [6, 6.07) is 10.3. The zero-order valence-corrected chi connectivity index (χ0v) is 11.9. The van der Waals surface area contributed by atoms with Gasteiger partial charge in [-0.1, -0.05) is 18.2 Å². The van der Waals surface area contributed by atoms with Crippen molar-refractivity contribution in [2.24, 2.45) is 0 Å². The Bertz CT molecular complexity index is 491. The van der Waals surface area contributed by atoms with E-state index in [1.807, 2.05) is 18.2 Å². The largest absolute Gasteiger partial charge is 0.496 e. The molecule has 0 aliphatic rings. The molecule has 2 rings (SSSR count). The zero-order valence-electron chi connectivity index (χ0n) is 11.1. The molecule has 96 valence electrons. The molecule has 0 aliphatic carbocycles. The third-order valence-corrected chi connectivity index (χ3v) is 3.83. The van der Waals surface area contributed by atoms with Crippen molar-refractivity contribution in [1.82, 2.24) is 5.32 Å². The molecule has 1 heterocycles. The van der Waals surface area contributed by atoms with E-state index < -0.39 is 0 Å². The molecule has 18 heavy (non-hydrogen) atoms. The van der Waals surface area contributed by atoms with Gasteiger partial charge in [0.15, 0.2) is 0 Å². The quantitative estimate of drug-likeness (QED) is 0.884. The van der Waals surface area contributed by atoms with Crippen molar-refractivity contribution in [3.8, 4) is 5.75 Å². The van der Waals surface area contributed by atoms with Crippen LogP contribution in [0.15, 0.2) is 41.1 Å². The van der Waals surface area contributed by atoms with Gasteiger partial charge in [0.1, 0.15) is 5.75 Å². The van der Waals surface area contributed by atoms with Gasteiger partial charge in [-0.3, -0.25) is 0 Å². The Balaban J connectivity index is 2.14. The maximum Gasteiger partial charge on any atom is 0.123 e. The second kappa shape index (κ2) is 5.55. The number of ether oxygens (including phenoxy) is 1. The normalized spacial score (nSPS) is 11.5. The summed E-state index contributed by atoms with van der Waals surface area (Å²) in [6.45, 7) is 5.23. The molecule has 2 aromatic rings. The first kappa shape index (κ1) is 13.1. The molecule has 3 heteroatoms. The highest BCUT2D eigenvalue weighted by Crippen LogP contribution is 2.29. The molecule has 2 nitrogen and oxygen atoms in total. The number of benzene rings is 1. The minimum Gasteiger partial charge on any atom is -0.496 e. The SMILES string of the molecule is COc1ccccc1C(C)(C)NCc1ccsc1. The molecule has 0 saturated carbocycles. The van der Waals surface area contributed by atoms with E-state index in [9.17, 15) is 0 Å². The Hall–Kier alpha value is -1.32. The van der Waals surface area contributed by atoms with Crippen LogP contribution >= 0.6 is 11.3 Å². The summed E-state index contributed by atoms with van der Waals surface area (Å²) in [7, 11) is 1.72. The number of para-hydroxylation sites is 1. The Morgan fingerprint density at radius 2 is 2.00 bits per heavy atom. The second-order valence-corrected chi connectivity index (χ2v) is 5.59. The van der Waals surface area contributed by atoms with Gasteiger partial charge in [-0.25, -0.2) is 0 Å². The molecule has 0 radical (unpaired) electrons. The van der Waals surface area contributed by atoms with Crippen molar-refractivity contribution < 1.29 is 4.74 Å². The molecule has 1 aromatic heterocycles. The van der Waals surface area contributed by atoms with Crippen LogP contribution in [-0.2, 0) is 12.1 Å². The predicted octanol–water partition coefficient (Wildman–Crippen LogP) is 3.78. The number of rotatable bonds is 5. The number of hydrogen-bond donors (Lipinski definition) is 1. The summed E-state index contributed by atoms with van der Waals surface area (Å²) in [4.78, 5) is 0. The minimum atomic E-state index is -0.117. The van der Waals surface area contributed by atoms with E-state index in [2.05, 4.69) is 42.1 Å². The van der Waals surface area contributed by atoms with Crippen molar-refractivity contribution in [2.75, 3.05) is 7.11 Å². The number of hydrogen-bond acceptors (Lipinski definition) is 3. The fourth-order valence-corrected chi connectivity index (χ4v) is 2.64. The molecule has 0 fully saturated rings. The van der Waals surface area contributed by atoms with Gasteiger partial charge < -0.3 is 10.1 Å². The maximum absolute atomic E-state index is 5.43. The van der Waals surface area contributed by atoms with Crippen LogP contribution in [0.4, 0.5) is 0 Å². The molecule has 0 aliphatic heterocycles. The van der Waals surface area contributed by atoms with E-state index in [0.717, 1.165) is 12.3 Å². The van der Waals surface area contributed by atoms with Crippen molar-refractivity contribution in [3.63, 3.8) is 0 Å². The van der Waals surface area contributed by atoms with Crippen LogP contribution in [0.3, 0.4) is 0 Å².